The van der Waals surface area contributed by atoms with Gasteiger partial charge in [-0.15, -0.1) is 0 Å². The summed E-state index contributed by atoms with van der Waals surface area (Å²) in [7, 11) is 3.39. The molecule has 0 aliphatic carbocycles. The highest BCUT2D eigenvalue weighted by Crippen LogP contribution is 2.57. The van der Waals surface area contributed by atoms with Crippen LogP contribution in [-0.4, -0.2) is 68.7 Å². The highest BCUT2D eigenvalue weighted by molar-refractivity contribution is 8.05. The van der Waals surface area contributed by atoms with Crippen LogP contribution in [0.25, 0.3) is 11.2 Å². The number of anilines is 1. The number of H-pyrrole nitrogens is 1. The first kappa shape index (κ1) is 19.6. The number of nitrogens with one attached hydrogen (secondary N) is 1. The fourth-order valence-corrected chi connectivity index (χ4v) is 3.23. The number of nitrogens with zero attached hydrogens (tertiary/aromatic N) is 4. The lowest BCUT2D eigenvalue weighted by Gasteiger charge is -2.17. The minimum atomic E-state index is -3.82. The van der Waals surface area contributed by atoms with Crippen LogP contribution in [-0.2, 0) is 13.8 Å². The van der Waals surface area contributed by atoms with Crippen LogP contribution >= 0.6 is 28.6 Å². The van der Waals surface area contributed by atoms with Crippen molar-refractivity contribution in [2.75, 3.05) is 25.6 Å². The Hall–Kier alpha value is -1.20. The fourth-order valence-electron chi connectivity index (χ4n) is 2.57. The van der Waals surface area contributed by atoms with Gasteiger partial charge in [-0.3, -0.25) is 18.9 Å². The standard InChI is InChI=1S/C12H16Cl2N5O6P/c1-18(2)12-16-9-6(10(22)17-12)15-4-19(9)11-8(21)7(20)5(25-11)3-24-26(13,14)23/h4-5,7-8,11,20-21H,3H2,1-2H3,(H,16,17,22)/t5-,7?,8?,11-/m1/s1. The molecule has 1 aliphatic rings. The Morgan fingerprint density at radius 2 is 2.12 bits per heavy atom. The molecule has 2 unspecified atom stereocenters. The van der Waals surface area contributed by atoms with Crippen molar-refractivity contribution < 1.29 is 24.0 Å². The number of hydrogen-bond acceptors (Lipinski definition) is 9. The zero-order chi connectivity index (χ0) is 19.2. The number of aromatic nitrogens is 4. The molecular formula is C12H16Cl2N5O6P. The summed E-state index contributed by atoms with van der Waals surface area (Å²) in [6, 6.07) is 0. The van der Waals surface area contributed by atoms with Gasteiger partial charge in [-0.2, -0.15) is 4.98 Å². The van der Waals surface area contributed by atoms with Crippen LogP contribution in [0.15, 0.2) is 11.1 Å². The quantitative estimate of drug-likeness (QED) is 0.577. The fraction of sp³-hybridized carbons (Fsp3) is 0.583. The van der Waals surface area contributed by atoms with E-state index in [1.54, 1.807) is 19.0 Å². The van der Waals surface area contributed by atoms with Gasteiger partial charge in [0.15, 0.2) is 17.4 Å². The second-order valence-corrected chi connectivity index (χ2v) is 10.1. The third kappa shape index (κ3) is 3.74. The topological polar surface area (TPSA) is 143 Å². The van der Waals surface area contributed by atoms with Gasteiger partial charge < -0.3 is 24.4 Å². The molecule has 2 aromatic rings. The van der Waals surface area contributed by atoms with Crippen LogP contribution in [0, 0.1) is 0 Å². The molecule has 144 valence electrons. The summed E-state index contributed by atoms with van der Waals surface area (Å²) in [5.41, 5.74) is -0.252. The van der Waals surface area contributed by atoms with Crippen molar-refractivity contribution in [3.05, 3.63) is 16.7 Å². The molecule has 2 aromatic heterocycles. The largest absolute Gasteiger partial charge is 0.387 e. The van der Waals surface area contributed by atoms with Crippen LogP contribution in [0.2, 0.25) is 0 Å². The second-order valence-electron chi connectivity index (χ2n) is 5.86. The molecule has 0 aromatic carbocycles. The van der Waals surface area contributed by atoms with Crippen LogP contribution in [0.1, 0.15) is 6.23 Å². The molecule has 0 radical (unpaired) electrons. The van der Waals surface area contributed by atoms with E-state index in [-0.39, 0.29) is 17.1 Å². The van der Waals surface area contributed by atoms with Gasteiger partial charge in [0.25, 0.3) is 5.56 Å². The van der Waals surface area contributed by atoms with Gasteiger partial charge in [0, 0.05) is 14.1 Å². The average molecular weight is 428 g/mol. The summed E-state index contributed by atoms with van der Waals surface area (Å²) in [6.45, 7) is -0.400. The smallest absolute Gasteiger partial charge is 0.380 e. The van der Waals surface area contributed by atoms with Gasteiger partial charge in [-0.1, -0.05) is 0 Å². The number of imidazole rings is 1. The Bertz CT molecular complexity index is 913. The summed E-state index contributed by atoms with van der Waals surface area (Å²) in [4.78, 5) is 24.6. The molecule has 3 N–H and O–H groups in total. The van der Waals surface area contributed by atoms with E-state index >= 15 is 0 Å². The Kier molecular flexibility index (Phi) is 5.33. The molecule has 1 fully saturated rings. The van der Waals surface area contributed by atoms with Crippen LogP contribution in [0.5, 0.6) is 0 Å². The lowest BCUT2D eigenvalue weighted by molar-refractivity contribution is -0.0465. The highest BCUT2D eigenvalue weighted by Gasteiger charge is 2.45. The first-order valence-electron chi connectivity index (χ1n) is 7.38. The number of rotatable bonds is 5. The monoisotopic (exact) mass is 427 g/mol. The number of halogens is 2. The molecule has 0 amide bonds. The Morgan fingerprint density at radius 1 is 1.42 bits per heavy atom. The third-order valence-corrected chi connectivity index (χ3v) is 4.88. The molecule has 3 rings (SSSR count). The highest BCUT2D eigenvalue weighted by atomic mass is 35.9. The van der Waals surface area contributed by atoms with Crippen LogP contribution < -0.4 is 10.5 Å². The second kappa shape index (κ2) is 7.08. The first-order chi connectivity index (χ1) is 12.1. The number of aliphatic hydroxyl groups is 2. The third-order valence-electron chi connectivity index (χ3n) is 3.84. The maximum Gasteiger partial charge on any atom is 0.380 e. The molecule has 1 aliphatic heterocycles. The van der Waals surface area contributed by atoms with E-state index < -0.39 is 42.8 Å². The van der Waals surface area contributed by atoms with Crippen LogP contribution in [0.3, 0.4) is 0 Å². The predicted octanol–water partition coefficient (Wildman–Crippen LogP) is 0.407. The zero-order valence-corrected chi connectivity index (χ0v) is 16.0. The van der Waals surface area contributed by atoms with E-state index in [1.165, 1.54) is 10.9 Å². The molecule has 0 spiro atoms. The maximum absolute atomic E-state index is 12.1. The number of aromatic amines is 1. The number of aliphatic hydroxyl groups excluding tert-OH is 2. The van der Waals surface area contributed by atoms with E-state index in [2.05, 4.69) is 15.0 Å². The molecule has 4 atom stereocenters. The van der Waals surface area contributed by atoms with Crippen molar-refractivity contribution in [3.63, 3.8) is 0 Å². The van der Waals surface area contributed by atoms with Gasteiger partial charge >= 0.3 is 6.07 Å². The van der Waals surface area contributed by atoms with Crippen molar-refractivity contribution in [1.29, 1.82) is 0 Å². The molecule has 0 saturated carbocycles. The minimum Gasteiger partial charge on any atom is -0.387 e. The van der Waals surface area contributed by atoms with Gasteiger partial charge in [0.05, 0.1) is 12.9 Å². The Labute approximate surface area is 156 Å². The number of hydrogen-bond donors (Lipinski definition) is 3. The summed E-state index contributed by atoms with van der Waals surface area (Å²) in [5.74, 6) is 0.280. The SMILES string of the molecule is CN(C)c1nc2c(ncn2[C@@H]2O[C@H](COP(=O)(Cl)Cl)C(O)C2O)c(=O)[nH]1. The Balaban J connectivity index is 1.93. The Morgan fingerprint density at radius 3 is 2.73 bits per heavy atom. The molecule has 26 heavy (non-hydrogen) atoms. The normalized spacial score (nSPS) is 26.5. The van der Waals surface area contributed by atoms with Gasteiger partial charge in [0.1, 0.15) is 18.3 Å². The molecule has 11 nitrogen and oxygen atoms in total. The molecule has 14 heteroatoms. The summed E-state index contributed by atoms with van der Waals surface area (Å²) in [5, 5.41) is 20.4. The first-order valence-corrected chi connectivity index (χ1v) is 10.8. The predicted molar refractivity (Wildman–Crippen MR) is 93.7 cm³/mol. The minimum absolute atomic E-state index is 0.0478. The van der Waals surface area contributed by atoms with Gasteiger partial charge in [-0.05, 0) is 22.5 Å². The van der Waals surface area contributed by atoms with E-state index in [0.717, 1.165) is 0 Å². The summed E-state index contributed by atoms with van der Waals surface area (Å²) in [6.07, 6.45) is -7.44. The summed E-state index contributed by atoms with van der Waals surface area (Å²) < 4.78 is 22.9. The maximum atomic E-state index is 12.1. The molecular weight excluding hydrogens is 412 g/mol. The summed E-state index contributed by atoms with van der Waals surface area (Å²) >= 11 is 10.6. The van der Waals surface area contributed by atoms with E-state index in [9.17, 15) is 19.6 Å². The zero-order valence-electron chi connectivity index (χ0n) is 13.6. The molecule has 1 saturated heterocycles. The molecule has 0 bridgehead atoms. The molecule has 3 heterocycles. The van der Waals surface area contributed by atoms with Crippen molar-refractivity contribution in [3.8, 4) is 0 Å². The van der Waals surface area contributed by atoms with Crippen LogP contribution in [0.4, 0.5) is 5.95 Å². The van der Waals surface area contributed by atoms with Crippen molar-refractivity contribution in [1.82, 2.24) is 19.5 Å². The van der Waals surface area contributed by atoms with Gasteiger partial charge in [0.2, 0.25) is 5.95 Å². The van der Waals surface area contributed by atoms with E-state index in [0.29, 0.717) is 0 Å². The van der Waals surface area contributed by atoms with Crippen molar-refractivity contribution in [2.45, 2.75) is 24.5 Å². The lowest BCUT2D eigenvalue weighted by atomic mass is 10.1. The van der Waals surface area contributed by atoms with Gasteiger partial charge in [-0.25, -0.2) is 4.98 Å². The lowest BCUT2D eigenvalue weighted by Crippen LogP contribution is -2.33. The van der Waals surface area contributed by atoms with Crippen molar-refractivity contribution >= 4 is 45.7 Å². The van der Waals surface area contributed by atoms with E-state index in [4.69, 9.17) is 31.7 Å². The number of fused-ring (bicyclic) bond motifs is 1. The van der Waals surface area contributed by atoms with Crippen molar-refractivity contribution in [2.24, 2.45) is 0 Å². The van der Waals surface area contributed by atoms with E-state index in [1.807, 2.05) is 0 Å². The average Bonchev–Trinajstić information content (AvgIpc) is 3.08. The number of ether oxygens (including phenoxy) is 1.